The van der Waals surface area contributed by atoms with Gasteiger partial charge in [0, 0.05) is 24.3 Å². The van der Waals surface area contributed by atoms with Gasteiger partial charge in [0.25, 0.3) is 0 Å². The van der Waals surface area contributed by atoms with Crippen molar-refractivity contribution in [3.63, 3.8) is 0 Å². The van der Waals surface area contributed by atoms with E-state index in [1.165, 1.54) is 19.3 Å². The number of likely N-dealkylation sites (N-methyl/N-ethyl adjacent to an activating group) is 1. The number of carbonyl (C=O) groups excluding carboxylic acids is 1. The summed E-state index contributed by atoms with van der Waals surface area (Å²) in [4.78, 5) is 14.6. The molecule has 6 nitrogen and oxygen atoms in total. The lowest BCUT2D eigenvalue weighted by atomic mass is 10.0. The molecule has 1 aromatic rings. The zero-order valence-electron chi connectivity index (χ0n) is 14.9. The zero-order chi connectivity index (χ0) is 16.8. The van der Waals surface area contributed by atoms with Crippen molar-refractivity contribution in [2.75, 3.05) is 19.6 Å². The number of aromatic nitrogens is 2. The van der Waals surface area contributed by atoms with E-state index in [1.807, 2.05) is 25.5 Å². The minimum Gasteiger partial charge on any atom is -0.337 e. The summed E-state index contributed by atoms with van der Waals surface area (Å²) in [6, 6.07) is 2.49. The highest BCUT2D eigenvalue weighted by molar-refractivity contribution is 5.74. The van der Waals surface area contributed by atoms with Crippen molar-refractivity contribution in [3.05, 3.63) is 17.5 Å². The third-order valence-corrected chi connectivity index (χ3v) is 4.58. The van der Waals surface area contributed by atoms with Gasteiger partial charge in [-0.1, -0.05) is 13.3 Å². The van der Waals surface area contributed by atoms with Gasteiger partial charge in [-0.2, -0.15) is 5.10 Å². The first-order valence-electron chi connectivity index (χ1n) is 8.79. The molecule has 0 bridgehead atoms. The Hall–Kier alpha value is -1.56. The number of rotatable bonds is 6. The first-order chi connectivity index (χ1) is 11.0. The maximum absolute atomic E-state index is 12.1. The molecule has 130 valence electrons. The number of hydrogen-bond donors (Lipinski definition) is 2. The van der Waals surface area contributed by atoms with Crippen LogP contribution in [-0.2, 0) is 6.54 Å². The quantitative estimate of drug-likeness (QED) is 0.843. The number of nitrogens with one attached hydrogen (secondary N) is 2. The minimum atomic E-state index is -0.0827. The van der Waals surface area contributed by atoms with Crippen LogP contribution in [0, 0.1) is 13.8 Å². The molecule has 1 aliphatic heterocycles. The van der Waals surface area contributed by atoms with Crippen LogP contribution < -0.4 is 10.6 Å². The molecule has 1 saturated heterocycles. The van der Waals surface area contributed by atoms with Gasteiger partial charge in [-0.3, -0.25) is 9.58 Å². The predicted octanol–water partition coefficient (Wildman–Crippen LogP) is 2.06. The zero-order valence-corrected chi connectivity index (χ0v) is 14.9. The Balaban J connectivity index is 1.74. The van der Waals surface area contributed by atoms with E-state index in [2.05, 4.69) is 33.6 Å². The lowest BCUT2D eigenvalue weighted by Crippen LogP contribution is -2.50. The van der Waals surface area contributed by atoms with E-state index < -0.39 is 0 Å². The number of urea groups is 1. The van der Waals surface area contributed by atoms with Crippen LogP contribution in [0.25, 0.3) is 0 Å². The number of likely N-dealkylation sites (tertiary alicyclic amines) is 1. The van der Waals surface area contributed by atoms with Crippen LogP contribution in [0.2, 0.25) is 0 Å². The number of hydrogen-bond acceptors (Lipinski definition) is 3. The standard InChI is InChI=1S/C17H31N5O/c1-5-21-9-7-6-8-16(21)11-18-17(23)19-14(3)12-22-15(4)10-13(2)20-22/h10,14,16H,5-9,11-12H2,1-4H3,(H2,18,19,23)/t14-,16-/m1/s1. The Morgan fingerprint density at radius 3 is 2.87 bits per heavy atom. The Morgan fingerprint density at radius 1 is 1.43 bits per heavy atom. The van der Waals surface area contributed by atoms with Crippen molar-refractivity contribution >= 4 is 6.03 Å². The molecule has 1 aliphatic rings. The van der Waals surface area contributed by atoms with Gasteiger partial charge in [0.05, 0.1) is 12.2 Å². The molecule has 1 fully saturated rings. The van der Waals surface area contributed by atoms with E-state index in [0.717, 1.165) is 31.0 Å². The van der Waals surface area contributed by atoms with Crippen LogP contribution in [0.4, 0.5) is 4.79 Å². The Bertz CT molecular complexity index is 513. The number of amides is 2. The molecule has 6 heteroatoms. The SMILES string of the molecule is CCN1CCCC[C@@H]1CNC(=O)N[C@H](C)Cn1nc(C)cc1C. The van der Waals surface area contributed by atoms with Crippen LogP contribution in [-0.4, -0.2) is 52.4 Å². The average Bonchev–Trinajstić information content (AvgIpc) is 2.82. The van der Waals surface area contributed by atoms with E-state index in [-0.39, 0.29) is 12.1 Å². The van der Waals surface area contributed by atoms with Crippen LogP contribution in [0.3, 0.4) is 0 Å². The second-order valence-corrected chi connectivity index (χ2v) is 6.64. The van der Waals surface area contributed by atoms with Gasteiger partial charge in [-0.05, 0) is 52.8 Å². The van der Waals surface area contributed by atoms with Gasteiger partial charge in [0.1, 0.15) is 0 Å². The van der Waals surface area contributed by atoms with Crippen molar-refractivity contribution in [2.45, 2.75) is 65.6 Å². The summed E-state index contributed by atoms with van der Waals surface area (Å²) < 4.78 is 1.94. The van der Waals surface area contributed by atoms with E-state index in [0.29, 0.717) is 12.6 Å². The minimum absolute atomic E-state index is 0.0432. The first kappa shape index (κ1) is 17.8. The maximum atomic E-state index is 12.1. The summed E-state index contributed by atoms with van der Waals surface area (Å²) in [5.41, 5.74) is 2.13. The fourth-order valence-electron chi connectivity index (χ4n) is 3.36. The van der Waals surface area contributed by atoms with E-state index in [4.69, 9.17) is 0 Å². The Morgan fingerprint density at radius 2 is 2.22 bits per heavy atom. The summed E-state index contributed by atoms with van der Waals surface area (Å²) in [7, 11) is 0. The number of piperidine rings is 1. The molecule has 0 aromatic carbocycles. The predicted molar refractivity (Wildman–Crippen MR) is 92.6 cm³/mol. The van der Waals surface area contributed by atoms with E-state index in [9.17, 15) is 4.79 Å². The van der Waals surface area contributed by atoms with Gasteiger partial charge in [0.2, 0.25) is 0 Å². The van der Waals surface area contributed by atoms with E-state index in [1.54, 1.807) is 0 Å². The van der Waals surface area contributed by atoms with Crippen molar-refractivity contribution in [3.8, 4) is 0 Å². The Labute approximate surface area is 139 Å². The molecule has 2 amide bonds. The van der Waals surface area contributed by atoms with Crippen molar-refractivity contribution < 1.29 is 4.79 Å². The van der Waals surface area contributed by atoms with Crippen molar-refractivity contribution in [1.82, 2.24) is 25.3 Å². The van der Waals surface area contributed by atoms with Gasteiger partial charge in [0.15, 0.2) is 0 Å². The largest absolute Gasteiger partial charge is 0.337 e. The smallest absolute Gasteiger partial charge is 0.315 e. The lowest BCUT2D eigenvalue weighted by Gasteiger charge is -2.35. The molecule has 0 aliphatic carbocycles. The maximum Gasteiger partial charge on any atom is 0.315 e. The molecule has 0 radical (unpaired) electrons. The van der Waals surface area contributed by atoms with Crippen molar-refractivity contribution in [2.24, 2.45) is 0 Å². The summed E-state index contributed by atoms with van der Waals surface area (Å²) in [6.07, 6.45) is 3.71. The third kappa shape index (κ3) is 5.23. The lowest BCUT2D eigenvalue weighted by molar-refractivity contribution is 0.153. The summed E-state index contributed by atoms with van der Waals surface area (Å²) in [5, 5.41) is 10.5. The molecule has 2 N–H and O–H groups in total. The second kappa shape index (κ2) is 8.34. The molecule has 0 spiro atoms. The first-order valence-corrected chi connectivity index (χ1v) is 8.79. The highest BCUT2D eigenvalue weighted by Gasteiger charge is 2.21. The van der Waals surface area contributed by atoms with Gasteiger partial charge < -0.3 is 10.6 Å². The molecule has 2 rings (SSSR count). The van der Waals surface area contributed by atoms with Crippen LogP contribution in [0.15, 0.2) is 6.07 Å². The molecule has 2 heterocycles. The fourth-order valence-corrected chi connectivity index (χ4v) is 3.36. The topological polar surface area (TPSA) is 62.2 Å². The molecule has 2 atom stereocenters. The summed E-state index contributed by atoms with van der Waals surface area (Å²) in [5.74, 6) is 0. The van der Waals surface area contributed by atoms with Crippen molar-refractivity contribution in [1.29, 1.82) is 0 Å². The number of carbonyl (C=O) groups is 1. The molecular formula is C17H31N5O. The average molecular weight is 321 g/mol. The highest BCUT2D eigenvalue weighted by Crippen LogP contribution is 2.15. The van der Waals surface area contributed by atoms with Gasteiger partial charge in [-0.25, -0.2) is 4.79 Å². The fraction of sp³-hybridized carbons (Fsp3) is 0.765. The third-order valence-electron chi connectivity index (χ3n) is 4.58. The molecule has 23 heavy (non-hydrogen) atoms. The van der Waals surface area contributed by atoms with Gasteiger partial charge >= 0.3 is 6.03 Å². The van der Waals surface area contributed by atoms with Crippen LogP contribution >= 0.6 is 0 Å². The normalized spacial score (nSPS) is 20.3. The molecular weight excluding hydrogens is 290 g/mol. The summed E-state index contributed by atoms with van der Waals surface area (Å²) in [6.45, 7) is 11.8. The highest BCUT2D eigenvalue weighted by atomic mass is 16.2. The summed E-state index contributed by atoms with van der Waals surface area (Å²) >= 11 is 0. The van der Waals surface area contributed by atoms with Crippen LogP contribution in [0.1, 0.15) is 44.5 Å². The number of nitrogens with zero attached hydrogens (tertiary/aromatic N) is 3. The monoisotopic (exact) mass is 321 g/mol. The van der Waals surface area contributed by atoms with Gasteiger partial charge in [-0.15, -0.1) is 0 Å². The molecule has 0 saturated carbocycles. The molecule has 0 unspecified atom stereocenters. The Kier molecular flexibility index (Phi) is 6.45. The molecule has 1 aromatic heterocycles. The second-order valence-electron chi connectivity index (χ2n) is 6.64. The van der Waals surface area contributed by atoms with E-state index >= 15 is 0 Å². The van der Waals surface area contributed by atoms with Crippen LogP contribution in [0.5, 0.6) is 0 Å². The number of aryl methyl sites for hydroxylation is 2.